The second kappa shape index (κ2) is 4.79. The number of halogens is 1. The maximum Gasteiger partial charge on any atom is 0.147 e. The molecular formula is C12H15BrO2. The molecule has 0 aromatic heterocycles. The van der Waals surface area contributed by atoms with Gasteiger partial charge in [-0.1, -0.05) is 22.0 Å². The molecule has 2 nitrogen and oxygen atoms in total. The van der Waals surface area contributed by atoms with Crippen LogP contribution in [0.25, 0.3) is 0 Å². The first kappa shape index (κ1) is 12.2. The number of carbonyl (C=O) groups excluding carboxylic acids is 1. The number of hydrogen-bond acceptors (Lipinski definition) is 2. The van der Waals surface area contributed by atoms with Crippen LogP contribution in [-0.4, -0.2) is 12.9 Å². The third-order valence-corrected chi connectivity index (χ3v) is 3.77. The summed E-state index contributed by atoms with van der Waals surface area (Å²) in [6, 6.07) is 3.83. The summed E-state index contributed by atoms with van der Waals surface area (Å²) < 4.78 is 5.22. The van der Waals surface area contributed by atoms with Gasteiger partial charge in [-0.05, 0) is 43.5 Å². The van der Waals surface area contributed by atoms with Gasteiger partial charge in [0.05, 0.1) is 11.9 Å². The van der Waals surface area contributed by atoms with Gasteiger partial charge in [0.15, 0.2) is 0 Å². The number of hydrogen-bond donors (Lipinski definition) is 0. The van der Waals surface area contributed by atoms with Crippen LogP contribution in [-0.2, 0) is 4.79 Å². The van der Waals surface area contributed by atoms with E-state index in [2.05, 4.69) is 15.9 Å². The molecule has 0 bridgehead atoms. The van der Waals surface area contributed by atoms with Crippen LogP contribution in [0.3, 0.4) is 0 Å². The predicted octanol–water partition coefficient (Wildman–Crippen LogP) is 3.34. The molecular weight excluding hydrogens is 256 g/mol. The van der Waals surface area contributed by atoms with Crippen molar-refractivity contribution in [3.63, 3.8) is 0 Å². The Morgan fingerprint density at radius 3 is 2.40 bits per heavy atom. The standard InChI is InChI=1S/C12H15BrO2/c1-7-8(2)11(15-4)6-5-10(7)12(13)9(3)14/h5-6,12H,1-4H3. The highest BCUT2D eigenvalue weighted by Gasteiger charge is 2.17. The van der Waals surface area contributed by atoms with E-state index in [-0.39, 0.29) is 10.6 Å². The van der Waals surface area contributed by atoms with E-state index < -0.39 is 0 Å². The van der Waals surface area contributed by atoms with Crippen LogP contribution in [0.15, 0.2) is 12.1 Å². The molecule has 1 aromatic rings. The predicted molar refractivity (Wildman–Crippen MR) is 64.8 cm³/mol. The van der Waals surface area contributed by atoms with E-state index >= 15 is 0 Å². The van der Waals surface area contributed by atoms with Crippen molar-refractivity contribution < 1.29 is 9.53 Å². The highest BCUT2D eigenvalue weighted by Crippen LogP contribution is 2.32. The SMILES string of the molecule is COc1ccc(C(Br)C(C)=O)c(C)c1C. The highest BCUT2D eigenvalue weighted by molar-refractivity contribution is 9.09. The number of rotatable bonds is 3. The molecule has 0 radical (unpaired) electrons. The lowest BCUT2D eigenvalue weighted by molar-refractivity contribution is -0.116. The number of carbonyl (C=O) groups is 1. The van der Waals surface area contributed by atoms with Crippen molar-refractivity contribution in [2.24, 2.45) is 0 Å². The average molecular weight is 271 g/mol. The van der Waals surface area contributed by atoms with E-state index in [1.807, 2.05) is 26.0 Å². The Kier molecular flexibility index (Phi) is 3.91. The molecule has 0 aliphatic carbocycles. The van der Waals surface area contributed by atoms with Gasteiger partial charge >= 0.3 is 0 Å². The van der Waals surface area contributed by atoms with Crippen molar-refractivity contribution in [1.29, 1.82) is 0 Å². The molecule has 0 saturated carbocycles. The summed E-state index contributed by atoms with van der Waals surface area (Å²) in [6.45, 7) is 5.58. The molecule has 0 aliphatic heterocycles. The fourth-order valence-electron chi connectivity index (χ4n) is 1.53. The molecule has 1 atom stereocenters. The lowest BCUT2D eigenvalue weighted by Crippen LogP contribution is -2.04. The first-order valence-corrected chi connectivity index (χ1v) is 5.69. The van der Waals surface area contributed by atoms with Crippen molar-refractivity contribution >= 4 is 21.7 Å². The Balaban J connectivity index is 3.23. The summed E-state index contributed by atoms with van der Waals surface area (Å²) >= 11 is 3.39. The van der Waals surface area contributed by atoms with E-state index in [1.54, 1.807) is 14.0 Å². The van der Waals surface area contributed by atoms with Crippen molar-refractivity contribution in [2.75, 3.05) is 7.11 Å². The average Bonchev–Trinajstić information content (AvgIpc) is 2.21. The second-order valence-electron chi connectivity index (χ2n) is 3.58. The minimum Gasteiger partial charge on any atom is -0.496 e. The maximum absolute atomic E-state index is 11.3. The maximum atomic E-state index is 11.3. The number of benzene rings is 1. The molecule has 15 heavy (non-hydrogen) atoms. The fraction of sp³-hybridized carbons (Fsp3) is 0.417. The molecule has 1 rings (SSSR count). The topological polar surface area (TPSA) is 26.3 Å². The monoisotopic (exact) mass is 270 g/mol. The van der Waals surface area contributed by atoms with Crippen molar-refractivity contribution in [1.82, 2.24) is 0 Å². The van der Waals surface area contributed by atoms with Crippen LogP contribution < -0.4 is 4.74 Å². The van der Waals surface area contributed by atoms with Crippen molar-refractivity contribution in [3.8, 4) is 5.75 Å². The first-order chi connectivity index (χ1) is 6.99. The van der Waals surface area contributed by atoms with Crippen molar-refractivity contribution in [2.45, 2.75) is 25.6 Å². The summed E-state index contributed by atoms with van der Waals surface area (Å²) in [6.07, 6.45) is 0. The van der Waals surface area contributed by atoms with Gasteiger partial charge < -0.3 is 4.74 Å². The molecule has 0 spiro atoms. The Morgan fingerprint density at radius 2 is 1.93 bits per heavy atom. The van der Waals surface area contributed by atoms with Crippen molar-refractivity contribution in [3.05, 3.63) is 28.8 Å². The van der Waals surface area contributed by atoms with Gasteiger partial charge in [0.1, 0.15) is 11.5 Å². The van der Waals surface area contributed by atoms with E-state index in [1.165, 1.54) is 0 Å². The lowest BCUT2D eigenvalue weighted by atomic mass is 9.99. The number of ether oxygens (including phenoxy) is 1. The summed E-state index contributed by atoms with van der Waals surface area (Å²) in [7, 11) is 1.65. The molecule has 0 heterocycles. The number of methoxy groups -OCH3 is 1. The molecule has 0 N–H and O–H groups in total. The number of ketones is 1. The molecule has 1 aromatic carbocycles. The molecule has 0 fully saturated rings. The zero-order valence-corrected chi connectivity index (χ0v) is 11.0. The van der Waals surface area contributed by atoms with Gasteiger partial charge in [-0.25, -0.2) is 0 Å². The van der Waals surface area contributed by atoms with Gasteiger partial charge in [0, 0.05) is 0 Å². The van der Waals surface area contributed by atoms with Gasteiger partial charge in [0.25, 0.3) is 0 Å². The lowest BCUT2D eigenvalue weighted by Gasteiger charge is -2.14. The van der Waals surface area contributed by atoms with Crippen LogP contribution in [0.5, 0.6) is 5.75 Å². The van der Waals surface area contributed by atoms with Crippen LogP contribution in [0.4, 0.5) is 0 Å². The quantitative estimate of drug-likeness (QED) is 0.788. The zero-order chi connectivity index (χ0) is 11.6. The molecule has 1 unspecified atom stereocenters. The van der Waals surface area contributed by atoms with Gasteiger partial charge in [0.2, 0.25) is 0 Å². The minimum absolute atomic E-state index is 0.114. The van der Waals surface area contributed by atoms with E-state index in [9.17, 15) is 4.79 Å². The summed E-state index contributed by atoms with van der Waals surface area (Å²) in [5.41, 5.74) is 3.20. The fourth-order valence-corrected chi connectivity index (χ4v) is 2.03. The Labute approximate surface area is 98.8 Å². The van der Waals surface area contributed by atoms with Gasteiger partial charge in [-0.2, -0.15) is 0 Å². The summed E-state index contributed by atoms with van der Waals surface area (Å²) in [5.74, 6) is 0.974. The third-order valence-electron chi connectivity index (χ3n) is 2.63. The number of alkyl halides is 1. The van der Waals surface area contributed by atoms with Crippen LogP contribution >= 0.6 is 15.9 Å². The smallest absolute Gasteiger partial charge is 0.147 e. The van der Waals surface area contributed by atoms with Crippen LogP contribution in [0.1, 0.15) is 28.4 Å². The highest BCUT2D eigenvalue weighted by atomic mass is 79.9. The van der Waals surface area contributed by atoms with Gasteiger partial charge in [-0.3, -0.25) is 4.79 Å². The largest absolute Gasteiger partial charge is 0.496 e. The van der Waals surface area contributed by atoms with Crippen LogP contribution in [0, 0.1) is 13.8 Å². The third kappa shape index (κ3) is 2.40. The van der Waals surface area contributed by atoms with E-state index in [0.717, 1.165) is 22.4 Å². The zero-order valence-electron chi connectivity index (χ0n) is 9.43. The Hall–Kier alpha value is -0.830. The Morgan fingerprint density at radius 1 is 1.33 bits per heavy atom. The number of Topliss-reactive ketones (excluding diaryl/α,β-unsaturated/α-hetero) is 1. The normalized spacial score (nSPS) is 12.3. The van der Waals surface area contributed by atoms with E-state index in [0.29, 0.717) is 0 Å². The molecule has 3 heteroatoms. The first-order valence-electron chi connectivity index (χ1n) is 4.77. The second-order valence-corrected chi connectivity index (χ2v) is 4.50. The van der Waals surface area contributed by atoms with Crippen LogP contribution in [0.2, 0.25) is 0 Å². The molecule has 0 amide bonds. The van der Waals surface area contributed by atoms with Gasteiger partial charge in [-0.15, -0.1) is 0 Å². The summed E-state index contributed by atoms with van der Waals surface area (Å²) in [4.78, 5) is 11.1. The minimum atomic E-state index is -0.220. The molecule has 82 valence electrons. The Bertz CT molecular complexity index is 385. The summed E-state index contributed by atoms with van der Waals surface area (Å²) in [5, 5.41) is 0. The molecule has 0 aliphatic rings. The van der Waals surface area contributed by atoms with E-state index in [4.69, 9.17) is 4.74 Å². The molecule has 0 saturated heterocycles.